The number of hydrogen-bond donors (Lipinski definition) is 4. The summed E-state index contributed by atoms with van der Waals surface area (Å²) in [5, 5.41) is 20.7. The molecule has 0 bridgehead atoms. The van der Waals surface area contributed by atoms with Gasteiger partial charge in [0.05, 0.1) is 26.4 Å². The molecule has 0 rings (SSSR count). The van der Waals surface area contributed by atoms with Gasteiger partial charge in [0, 0.05) is 19.3 Å². The van der Waals surface area contributed by atoms with Crippen LogP contribution in [0.5, 0.6) is 0 Å². The van der Waals surface area contributed by atoms with Gasteiger partial charge in [-0.05, 0) is 154 Å². The van der Waals surface area contributed by atoms with E-state index in [2.05, 4.69) is 203 Å². The van der Waals surface area contributed by atoms with Crippen molar-refractivity contribution in [1.29, 1.82) is 0 Å². The van der Waals surface area contributed by atoms with Crippen LogP contribution in [0.2, 0.25) is 0 Å². The van der Waals surface area contributed by atoms with Crippen LogP contribution in [0.3, 0.4) is 0 Å². The summed E-state index contributed by atoms with van der Waals surface area (Å²) in [5.41, 5.74) is 0. The highest BCUT2D eigenvalue weighted by atomic mass is 31.2. The fourth-order valence-electron chi connectivity index (χ4n) is 10.5. The number of phosphoric ester groups is 2. The van der Waals surface area contributed by atoms with E-state index in [1.807, 2.05) is 0 Å². The molecule has 18 heteroatoms. The molecular formula is C89H146O16P2. The van der Waals surface area contributed by atoms with E-state index < -0.39 is 91.5 Å². The number of unbranched alkanes of at least 4 members (excludes halogenated alkanes) is 23. The Bertz CT molecular complexity index is 2670. The molecule has 0 heterocycles. The Labute approximate surface area is 649 Å². The summed E-state index contributed by atoms with van der Waals surface area (Å²) < 4.78 is 61.2. The maximum Gasteiger partial charge on any atom is 0.472 e. The van der Waals surface area contributed by atoms with E-state index in [1.165, 1.54) is 51.4 Å². The van der Waals surface area contributed by atoms with Crippen molar-refractivity contribution >= 4 is 33.6 Å². The molecule has 608 valence electrons. The van der Waals surface area contributed by atoms with Crippen molar-refractivity contribution in [3.05, 3.63) is 182 Å². The largest absolute Gasteiger partial charge is 0.472 e. The molecule has 0 saturated heterocycles. The molecule has 0 aliphatic heterocycles. The van der Waals surface area contributed by atoms with E-state index in [0.717, 1.165) is 193 Å². The average Bonchev–Trinajstić information content (AvgIpc) is 0.906. The summed E-state index contributed by atoms with van der Waals surface area (Å²) in [6, 6.07) is 0. The van der Waals surface area contributed by atoms with Crippen LogP contribution >= 0.6 is 15.6 Å². The second-order valence-electron chi connectivity index (χ2n) is 26.8. The summed E-state index contributed by atoms with van der Waals surface area (Å²) in [6.07, 6.45) is 104. The number of allylic oxidation sites excluding steroid dienone is 30. The lowest BCUT2D eigenvalue weighted by molar-refractivity contribution is -0.161. The fraction of sp³-hybridized carbons (Fsp3) is 0.629. The lowest BCUT2D eigenvalue weighted by Crippen LogP contribution is -2.30. The summed E-state index contributed by atoms with van der Waals surface area (Å²) >= 11 is 0. The van der Waals surface area contributed by atoms with Crippen molar-refractivity contribution in [3.8, 4) is 0 Å². The molecule has 4 N–H and O–H groups in total. The molecule has 0 aliphatic rings. The third kappa shape index (κ3) is 81.5. The molecule has 0 spiro atoms. The zero-order valence-corrected chi connectivity index (χ0v) is 68.3. The summed E-state index contributed by atoms with van der Waals surface area (Å²) in [6.45, 7) is 2.30. The minimum absolute atomic E-state index is 0.0774. The Morgan fingerprint density at radius 1 is 0.262 bits per heavy atom. The smallest absolute Gasteiger partial charge is 0.463 e. The van der Waals surface area contributed by atoms with Crippen LogP contribution < -0.4 is 0 Å². The molecule has 16 nitrogen and oxygen atoms in total. The van der Waals surface area contributed by atoms with Crippen LogP contribution in [0, 0.1) is 0 Å². The van der Waals surface area contributed by atoms with Crippen LogP contribution in [-0.2, 0) is 55.8 Å². The molecule has 0 aliphatic carbocycles. The first-order valence-corrected chi connectivity index (χ1v) is 44.1. The standard InChI is InChI=1S/C89H146O16P2/c1-4-7-10-13-16-19-22-25-28-31-34-36-37-38-39-40-41-42-43-44-45-47-50-51-54-57-60-63-66-69-72-75-87(92)99-78-84(90)79-101-106(95,96)102-80-85(91)81-103-107(97,98)104-83-86(105-89(94)77-74-71-68-65-62-59-56-53-48-33-30-27-24-21-18-15-12-9-6-3)82-100-88(93)76-73-70-67-64-61-58-55-52-49-46-35-32-29-26-23-20-17-14-11-8-5-2/h7-12,16-21,25-30,34-36,38-39,41-42,46,48,52-53,55,84-86,90-91H,4-6,13-15,22-24,31-33,37,40,43-45,47,49-51,54,56-83H2,1-3H3,(H,95,96)(H,97,98)/b10-7-,11-8-,12-9-,19-16-,20-17-,21-18-,28-25-,29-26-,30-27-,36-34-,39-38-,42-41-,46-35-,53-48-,55-52-. The van der Waals surface area contributed by atoms with Gasteiger partial charge in [-0.1, -0.05) is 312 Å². The molecule has 0 saturated carbocycles. The van der Waals surface area contributed by atoms with Gasteiger partial charge in [-0.25, -0.2) is 9.13 Å². The molecule has 5 atom stereocenters. The molecule has 5 unspecified atom stereocenters. The maximum absolute atomic E-state index is 13.0. The molecule has 0 amide bonds. The first-order chi connectivity index (χ1) is 52.2. The van der Waals surface area contributed by atoms with Gasteiger partial charge in [-0.2, -0.15) is 0 Å². The highest BCUT2D eigenvalue weighted by Gasteiger charge is 2.29. The highest BCUT2D eigenvalue weighted by molar-refractivity contribution is 7.47. The summed E-state index contributed by atoms with van der Waals surface area (Å²) in [5.74, 6) is -1.62. The lowest BCUT2D eigenvalue weighted by atomic mass is 10.0. The Morgan fingerprint density at radius 3 is 0.738 bits per heavy atom. The minimum atomic E-state index is -4.95. The van der Waals surface area contributed by atoms with Gasteiger partial charge >= 0.3 is 33.6 Å². The van der Waals surface area contributed by atoms with Gasteiger partial charge in [-0.3, -0.25) is 32.5 Å². The molecule has 0 radical (unpaired) electrons. The van der Waals surface area contributed by atoms with Crippen LogP contribution in [0.4, 0.5) is 0 Å². The monoisotopic (exact) mass is 1530 g/mol. The summed E-state index contributed by atoms with van der Waals surface area (Å²) in [4.78, 5) is 58.8. The van der Waals surface area contributed by atoms with E-state index in [9.17, 15) is 43.5 Å². The second-order valence-corrected chi connectivity index (χ2v) is 29.7. The molecule has 0 aromatic rings. The van der Waals surface area contributed by atoms with Crippen molar-refractivity contribution < 1.29 is 75.8 Å². The predicted molar refractivity (Wildman–Crippen MR) is 445 cm³/mol. The Balaban J connectivity index is 4.60. The number of carbonyl (C=O) groups is 3. The van der Waals surface area contributed by atoms with Gasteiger partial charge in [0.15, 0.2) is 6.10 Å². The van der Waals surface area contributed by atoms with Crippen molar-refractivity contribution in [2.45, 2.75) is 322 Å². The first kappa shape index (κ1) is 102. The van der Waals surface area contributed by atoms with Crippen molar-refractivity contribution in [3.63, 3.8) is 0 Å². The number of ether oxygens (including phenoxy) is 3. The van der Waals surface area contributed by atoms with Crippen LogP contribution in [-0.4, -0.2) is 95.9 Å². The van der Waals surface area contributed by atoms with E-state index in [1.54, 1.807) is 0 Å². The highest BCUT2D eigenvalue weighted by Crippen LogP contribution is 2.45. The SMILES string of the molecule is CC/C=C\C/C=C\C/C=C\C/C=C\C/C=C\C/C=C\CCCCCCCCCCCCCCC(=O)OCC(O)COP(=O)(O)OCC(O)COP(=O)(O)OCC(COC(=O)CCCCCCC/C=C\C/C=C\C/C=C\C/C=C\C/C=C\CC)OC(=O)CCCCCCCC/C=C\C/C=C\C/C=C\C/C=C\CC. The third-order valence-corrected chi connectivity index (χ3v) is 18.5. The quantitative estimate of drug-likeness (QED) is 0.0146. The maximum atomic E-state index is 13.0. The van der Waals surface area contributed by atoms with Gasteiger partial charge in [0.25, 0.3) is 0 Å². The zero-order chi connectivity index (χ0) is 78.0. The summed E-state index contributed by atoms with van der Waals surface area (Å²) in [7, 11) is -9.82. The molecule has 0 fully saturated rings. The van der Waals surface area contributed by atoms with Gasteiger partial charge in [-0.15, -0.1) is 0 Å². The van der Waals surface area contributed by atoms with E-state index >= 15 is 0 Å². The number of hydrogen-bond acceptors (Lipinski definition) is 14. The van der Waals surface area contributed by atoms with E-state index in [0.29, 0.717) is 19.3 Å². The second kappa shape index (κ2) is 80.2. The van der Waals surface area contributed by atoms with Crippen LogP contribution in [0.15, 0.2) is 182 Å². The van der Waals surface area contributed by atoms with Crippen molar-refractivity contribution in [2.24, 2.45) is 0 Å². The number of rotatable bonds is 76. The molecule has 107 heavy (non-hydrogen) atoms. The molecule has 0 aromatic carbocycles. The topological polar surface area (TPSA) is 231 Å². The minimum Gasteiger partial charge on any atom is -0.463 e. The van der Waals surface area contributed by atoms with Gasteiger partial charge in [0.1, 0.15) is 25.4 Å². The Kier molecular flexibility index (Phi) is 76.2. The predicted octanol–water partition coefficient (Wildman–Crippen LogP) is 24.5. The van der Waals surface area contributed by atoms with E-state index in [4.69, 9.17) is 32.3 Å². The normalized spacial score (nSPS) is 14.9. The fourth-order valence-corrected chi connectivity index (χ4v) is 12.1. The number of carbonyl (C=O) groups excluding carboxylic acids is 3. The lowest BCUT2D eigenvalue weighted by Gasteiger charge is -2.21. The van der Waals surface area contributed by atoms with Crippen molar-refractivity contribution in [1.82, 2.24) is 0 Å². The van der Waals surface area contributed by atoms with Gasteiger partial charge < -0.3 is 34.2 Å². The third-order valence-electron chi connectivity index (χ3n) is 16.6. The Morgan fingerprint density at radius 2 is 0.467 bits per heavy atom. The number of aliphatic hydroxyl groups excluding tert-OH is 2. The number of esters is 3. The Hall–Kier alpha value is -5.35. The van der Waals surface area contributed by atoms with Gasteiger partial charge in [0.2, 0.25) is 0 Å². The van der Waals surface area contributed by atoms with Crippen molar-refractivity contribution in [2.75, 3.05) is 39.6 Å². The number of aliphatic hydroxyl groups is 2. The first-order valence-electron chi connectivity index (χ1n) is 41.1. The zero-order valence-electron chi connectivity index (χ0n) is 66.5. The van der Waals surface area contributed by atoms with Crippen LogP contribution in [0.1, 0.15) is 303 Å². The van der Waals surface area contributed by atoms with Crippen LogP contribution in [0.25, 0.3) is 0 Å². The molecule has 0 aromatic heterocycles. The molecular weight excluding hydrogens is 1390 g/mol. The number of phosphoric acid groups is 2. The average molecular weight is 1530 g/mol. The van der Waals surface area contributed by atoms with E-state index in [-0.39, 0.29) is 19.3 Å².